The number of benzene rings is 1. The van der Waals surface area contributed by atoms with E-state index >= 15 is 0 Å². The fourth-order valence-corrected chi connectivity index (χ4v) is 3.31. The smallest absolute Gasteiger partial charge is 0.265 e. The zero-order valence-electron chi connectivity index (χ0n) is 13.6. The van der Waals surface area contributed by atoms with E-state index in [0.717, 1.165) is 11.3 Å². The Labute approximate surface area is 139 Å². The van der Waals surface area contributed by atoms with Crippen LogP contribution in [-0.2, 0) is 9.53 Å². The summed E-state index contributed by atoms with van der Waals surface area (Å²) in [5.41, 5.74) is 1.06. The van der Waals surface area contributed by atoms with Gasteiger partial charge in [-0.05, 0) is 6.07 Å². The summed E-state index contributed by atoms with van der Waals surface area (Å²) < 4.78 is 17.0. The third kappa shape index (κ3) is 2.45. The molecule has 2 aliphatic heterocycles. The summed E-state index contributed by atoms with van der Waals surface area (Å²) in [7, 11) is 0. The lowest BCUT2D eigenvalue weighted by Gasteiger charge is -2.35. The van der Waals surface area contributed by atoms with Crippen LogP contribution in [0.15, 0.2) is 28.7 Å². The summed E-state index contributed by atoms with van der Waals surface area (Å²) in [4.78, 5) is 14.9. The molecule has 0 spiro atoms. The zero-order chi connectivity index (χ0) is 16.7. The van der Waals surface area contributed by atoms with Crippen molar-refractivity contribution in [3.63, 3.8) is 0 Å². The largest absolute Gasteiger partial charge is 0.480 e. The van der Waals surface area contributed by atoms with Crippen molar-refractivity contribution in [2.24, 2.45) is 0 Å². The lowest BCUT2D eigenvalue weighted by molar-refractivity contribution is -0.148. The summed E-state index contributed by atoms with van der Waals surface area (Å²) in [5.74, 6) is 1.59. The summed E-state index contributed by atoms with van der Waals surface area (Å²) in [5, 5.41) is 7.91. The van der Waals surface area contributed by atoms with Crippen LogP contribution in [0.4, 0.5) is 0 Å². The number of fused-ring (bicyclic) bond motifs is 1. The molecule has 0 unspecified atom stereocenters. The average molecular weight is 329 g/mol. The number of hydrogen-bond donors (Lipinski definition) is 0. The first-order chi connectivity index (χ1) is 11.6. The van der Waals surface area contributed by atoms with Crippen LogP contribution < -0.4 is 4.74 Å². The molecule has 126 valence electrons. The number of carbonyl (C=O) groups excluding carboxylic acids is 1. The highest BCUT2D eigenvalue weighted by Gasteiger charge is 2.42. The second-order valence-electron chi connectivity index (χ2n) is 6.15. The Bertz CT molecular complexity index is 760. The minimum atomic E-state index is -0.535. The Hall–Kier alpha value is -2.41. The topological polar surface area (TPSA) is 77.7 Å². The molecule has 1 saturated heterocycles. The van der Waals surface area contributed by atoms with Crippen molar-refractivity contribution < 1.29 is 18.7 Å². The monoisotopic (exact) mass is 329 g/mol. The minimum Gasteiger partial charge on any atom is -0.480 e. The molecule has 0 bridgehead atoms. The highest BCUT2D eigenvalue weighted by molar-refractivity contribution is 5.84. The molecule has 1 fully saturated rings. The Balaban J connectivity index is 1.59. The number of amides is 1. The minimum absolute atomic E-state index is 0.00150. The fourth-order valence-electron chi connectivity index (χ4n) is 3.31. The van der Waals surface area contributed by atoms with Crippen molar-refractivity contribution in [2.45, 2.75) is 31.9 Å². The quantitative estimate of drug-likeness (QED) is 0.837. The van der Waals surface area contributed by atoms with Gasteiger partial charge in [0.25, 0.3) is 5.91 Å². The molecule has 0 N–H and O–H groups in total. The van der Waals surface area contributed by atoms with Crippen LogP contribution in [0.5, 0.6) is 5.75 Å². The molecule has 3 heterocycles. The van der Waals surface area contributed by atoms with Crippen LogP contribution in [0, 0.1) is 6.92 Å². The molecule has 0 saturated carbocycles. The first-order valence-electron chi connectivity index (χ1n) is 8.09. The van der Waals surface area contributed by atoms with Crippen molar-refractivity contribution in [1.29, 1.82) is 0 Å². The predicted octanol–water partition coefficient (Wildman–Crippen LogP) is 1.84. The summed E-state index contributed by atoms with van der Waals surface area (Å²) in [6, 6.07) is 7.41. The van der Waals surface area contributed by atoms with Gasteiger partial charge in [0.05, 0.1) is 13.2 Å². The van der Waals surface area contributed by atoms with Gasteiger partial charge in [0.15, 0.2) is 6.10 Å². The molecular formula is C17H19N3O4. The maximum atomic E-state index is 13.1. The Morgan fingerprint density at radius 3 is 2.88 bits per heavy atom. The molecule has 2 aromatic rings. The van der Waals surface area contributed by atoms with E-state index in [2.05, 4.69) is 10.2 Å². The van der Waals surface area contributed by atoms with Gasteiger partial charge in [-0.1, -0.05) is 25.1 Å². The van der Waals surface area contributed by atoms with E-state index in [1.165, 1.54) is 0 Å². The van der Waals surface area contributed by atoms with Crippen LogP contribution in [0.1, 0.15) is 36.2 Å². The SMILES string of the molecule is Cc1nnc([C@@H]2COCCN2C(=O)[C@H]2Oc3ccccc3[C@@H]2C)o1. The Morgan fingerprint density at radius 1 is 1.29 bits per heavy atom. The number of hydrogen-bond acceptors (Lipinski definition) is 6. The van der Waals surface area contributed by atoms with E-state index in [-0.39, 0.29) is 17.9 Å². The third-order valence-electron chi connectivity index (χ3n) is 4.60. The third-order valence-corrected chi connectivity index (χ3v) is 4.60. The highest BCUT2D eigenvalue weighted by Crippen LogP contribution is 2.39. The molecule has 24 heavy (non-hydrogen) atoms. The maximum Gasteiger partial charge on any atom is 0.265 e. The van der Waals surface area contributed by atoms with Crippen LogP contribution >= 0.6 is 0 Å². The molecule has 0 radical (unpaired) electrons. The molecule has 7 nitrogen and oxygen atoms in total. The van der Waals surface area contributed by atoms with Crippen molar-refractivity contribution in [1.82, 2.24) is 15.1 Å². The predicted molar refractivity (Wildman–Crippen MR) is 83.6 cm³/mol. The normalized spacial score (nSPS) is 26.1. The molecule has 2 aliphatic rings. The summed E-state index contributed by atoms with van der Waals surface area (Å²) in [6.45, 7) is 5.06. The van der Waals surface area contributed by atoms with E-state index in [4.69, 9.17) is 13.9 Å². The number of morpholine rings is 1. The maximum absolute atomic E-state index is 13.1. The number of nitrogens with zero attached hydrogens (tertiary/aromatic N) is 3. The molecule has 7 heteroatoms. The standard InChI is InChI=1S/C17H19N3O4/c1-10-12-5-3-4-6-14(12)24-15(10)17(21)20-7-8-22-9-13(20)16-19-18-11(2)23-16/h3-6,10,13,15H,7-9H2,1-2H3/t10-,13-,15-/m0/s1. The lowest BCUT2D eigenvalue weighted by atomic mass is 9.96. The van der Waals surface area contributed by atoms with Crippen LogP contribution in [-0.4, -0.2) is 46.9 Å². The second-order valence-corrected chi connectivity index (χ2v) is 6.15. The number of carbonyl (C=O) groups is 1. The van der Waals surface area contributed by atoms with Crippen molar-refractivity contribution in [3.05, 3.63) is 41.6 Å². The average Bonchev–Trinajstić information content (AvgIpc) is 3.18. The van der Waals surface area contributed by atoms with E-state index in [1.54, 1.807) is 11.8 Å². The van der Waals surface area contributed by atoms with Gasteiger partial charge in [-0.15, -0.1) is 10.2 Å². The van der Waals surface area contributed by atoms with Gasteiger partial charge < -0.3 is 18.8 Å². The number of ether oxygens (including phenoxy) is 2. The van der Waals surface area contributed by atoms with Crippen molar-refractivity contribution in [2.75, 3.05) is 19.8 Å². The van der Waals surface area contributed by atoms with Gasteiger partial charge in [-0.25, -0.2) is 0 Å². The summed E-state index contributed by atoms with van der Waals surface area (Å²) >= 11 is 0. The van der Waals surface area contributed by atoms with Gasteiger partial charge in [-0.2, -0.15) is 0 Å². The van der Waals surface area contributed by atoms with Crippen LogP contribution in [0.25, 0.3) is 0 Å². The second kappa shape index (κ2) is 5.90. The van der Waals surface area contributed by atoms with Gasteiger partial charge in [0, 0.05) is 24.9 Å². The Kier molecular flexibility index (Phi) is 3.72. The molecule has 1 amide bonds. The van der Waals surface area contributed by atoms with Crippen LogP contribution in [0.3, 0.4) is 0 Å². The Morgan fingerprint density at radius 2 is 2.12 bits per heavy atom. The number of aromatic nitrogens is 2. The van der Waals surface area contributed by atoms with E-state index < -0.39 is 6.10 Å². The van der Waals surface area contributed by atoms with Gasteiger partial charge in [-0.3, -0.25) is 4.79 Å². The lowest BCUT2D eigenvalue weighted by Crippen LogP contribution is -2.49. The molecular weight excluding hydrogens is 310 g/mol. The number of aryl methyl sites for hydroxylation is 1. The molecule has 1 aromatic carbocycles. The molecule has 0 aliphatic carbocycles. The van der Waals surface area contributed by atoms with Gasteiger partial charge in [0.1, 0.15) is 11.8 Å². The number of para-hydroxylation sites is 1. The van der Waals surface area contributed by atoms with Gasteiger partial charge in [0.2, 0.25) is 11.8 Å². The van der Waals surface area contributed by atoms with Crippen molar-refractivity contribution in [3.8, 4) is 5.75 Å². The highest BCUT2D eigenvalue weighted by atomic mass is 16.5. The number of rotatable bonds is 2. The van der Waals surface area contributed by atoms with E-state index in [0.29, 0.717) is 31.5 Å². The molecule has 4 rings (SSSR count). The van der Waals surface area contributed by atoms with Crippen molar-refractivity contribution >= 4 is 5.91 Å². The van der Waals surface area contributed by atoms with E-state index in [1.807, 2.05) is 31.2 Å². The first-order valence-corrected chi connectivity index (χ1v) is 8.09. The summed E-state index contributed by atoms with van der Waals surface area (Å²) in [6.07, 6.45) is -0.535. The van der Waals surface area contributed by atoms with Crippen LogP contribution in [0.2, 0.25) is 0 Å². The fraction of sp³-hybridized carbons (Fsp3) is 0.471. The van der Waals surface area contributed by atoms with E-state index in [9.17, 15) is 4.79 Å². The zero-order valence-corrected chi connectivity index (χ0v) is 13.6. The van der Waals surface area contributed by atoms with Gasteiger partial charge >= 0.3 is 0 Å². The first kappa shape index (κ1) is 15.1. The molecule has 1 aromatic heterocycles. The molecule has 3 atom stereocenters.